The molecule has 6 nitrogen and oxygen atoms in total. The van der Waals surface area contributed by atoms with Crippen LogP contribution < -0.4 is 5.73 Å². The molecular weight excluding hydrogens is 455 g/mol. The molecule has 0 saturated carbocycles. The van der Waals surface area contributed by atoms with E-state index in [9.17, 15) is 14.3 Å². The number of hydrogen-bond donors (Lipinski definition) is 2. The summed E-state index contributed by atoms with van der Waals surface area (Å²) in [6, 6.07) is 14.5. The van der Waals surface area contributed by atoms with Gasteiger partial charge in [-0.05, 0) is 42.5 Å². The SMILES string of the molecule is CCC(CN)CN(C(=O)CO)[C@@H](c1nc(-c2cc(C)ccc2F)cn1Cc1ccccc1)C(C)(C)C. The molecule has 0 spiro atoms. The molecule has 1 heterocycles. The first-order valence-corrected chi connectivity index (χ1v) is 12.6. The van der Waals surface area contributed by atoms with E-state index in [1.807, 2.05) is 75.7 Å². The first kappa shape index (κ1) is 27.6. The number of rotatable bonds is 10. The Morgan fingerprint density at radius 3 is 2.47 bits per heavy atom. The highest BCUT2D eigenvalue weighted by atomic mass is 19.1. The lowest BCUT2D eigenvalue weighted by Crippen LogP contribution is -2.46. The molecule has 0 aliphatic rings. The highest BCUT2D eigenvalue weighted by Crippen LogP contribution is 2.40. The van der Waals surface area contributed by atoms with Gasteiger partial charge in [0.25, 0.3) is 0 Å². The van der Waals surface area contributed by atoms with Gasteiger partial charge in [0, 0.05) is 24.8 Å². The molecule has 7 heteroatoms. The van der Waals surface area contributed by atoms with Crippen molar-refractivity contribution in [1.82, 2.24) is 14.5 Å². The molecule has 1 unspecified atom stereocenters. The van der Waals surface area contributed by atoms with E-state index in [4.69, 9.17) is 10.7 Å². The Bertz CT molecular complexity index is 1150. The summed E-state index contributed by atoms with van der Waals surface area (Å²) in [6.45, 7) is 10.8. The third-order valence-electron chi connectivity index (χ3n) is 6.60. The van der Waals surface area contributed by atoms with Gasteiger partial charge in [-0.25, -0.2) is 9.37 Å². The number of carbonyl (C=O) groups is 1. The van der Waals surface area contributed by atoms with Crippen LogP contribution in [0.2, 0.25) is 0 Å². The molecule has 0 fully saturated rings. The maximum atomic E-state index is 14.9. The highest BCUT2D eigenvalue weighted by molar-refractivity contribution is 5.77. The molecule has 3 aromatic rings. The largest absolute Gasteiger partial charge is 0.387 e. The number of imidazole rings is 1. The minimum atomic E-state index is -0.605. The zero-order valence-electron chi connectivity index (χ0n) is 22.0. The summed E-state index contributed by atoms with van der Waals surface area (Å²) in [6.07, 6.45) is 2.67. The van der Waals surface area contributed by atoms with Crippen molar-refractivity contribution in [3.8, 4) is 11.3 Å². The quantitative estimate of drug-likeness (QED) is 0.418. The van der Waals surface area contributed by atoms with Crippen molar-refractivity contribution in [3.63, 3.8) is 0 Å². The summed E-state index contributed by atoms with van der Waals surface area (Å²) in [7, 11) is 0. The Hall–Kier alpha value is -3.03. The van der Waals surface area contributed by atoms with Crippen LogP contribution >= 0.6 is 0 Å². The van der Waals surface area contributed by atoms with Gasteiger partial charge >= 0.3 is 0 Å². The van der Waals surface area contributed by atoms with Gasteiger partial charge in [0.1, 0.15) is 18.2 Å². The zero-order valence-corrected chi connectivity index (χ0v) is 22.0. The second-order valence-corrected chi connectivity index (χ2v) is 10.6. The van der Waals surface area contributed by atoms with Gasteiger partial charge in [-0.1, -0.05) is 76.1 Å². The second-order valence-electron chi connectivity index (χ2n) is 10.6. The van der Waals surface area contributed by atoms with Crippen LogP contribution in [-0.2, 0) is 11.3 Å². The van der Waals surface area contributed by atoms with E-state index in [0.717, 1.165) is 17.5 Å². The van der Waals surface area contributed by atoms with Gasteiger partial charge in [-0.15, -0.1) is 0 Å². The van der Waals surface area contributed by atoms with Crippen LogP contribution in [0.15, 0.2) is 54.7 Å². The fourth-order valence-corrected chi connectivity index (χ4v) is 4.61. The van der Waals surface area contributed by atoms with E-state index in [0.29, 0.717) is 36.7 Å². The first-order chi connectivity index (χ1) is 17.1. The molecule has 2 atom stereocenters. The fourth-order valence-electron chi connectivity index (χ4n) is 4.61. The Morgan fingerprint density at radius 1 is 1.19 bits per heavy atom. The molecular formula is C29H39FN4O2. The van der Waals surface area contributed by atoms with E-state index >= 15 is 0 Å². The number of aliphatic hydroxyl groups excluding tert-OH is 1. The van der Waals surface area contributed by atoms with E-state index in [1.165, 1.54) is 6.07 Å². The van der Waals surface area contributed by atoms with Crippen molar-refractivity contribution in [2.75, 3.05) is 19.7 Å². The smallest absolute Gasteiger partial charge is 0.248 e. The molecule has 0 radical (unpaired) electrons. The van der Waals surface area contributed by atoms with Crippen LogP contribution in [0.3, 0.4) is 0 Å². The summed E-state index contributed by atoms with van der Waals surface area (Å²) in [4.78, 5) is 19.8. The van der Waals surface area contributed by atoms with Crippen molar-refractivity contribution >= 4 is 5.91 Å². The van der Waals surface area contributed by atoms with Crippen molar-refractivity contribution in [2.24, 2.45) is 17.1 Å². The molecule has 2 aromatic carbocycles. The van der Waals surface area contributed by atoms with Gasteiger partial charge in [0.2, 0.25) is 5.91 Å². The summed E-state index contributed by atoms with van der Waals surface area (Å²) in [5.41, 5.74) is 8.50. The number of aromatic nitrogens is 2. The molecule has 0 bridgehead atoms. The van der Waals surface area contributed by atoms with Crippen LogP contribution in [0.25, 0.3) is 11.3 Å². The summed E-state index contributed by atoms with van der Waals surface area (Å²) in [5.74, 6) is 0.00756. The summed E-state index contributed by atoms with van der Waals surface area (Å²) < 4.78 is 16.9. The molecule has 0 aliphatic carbocycles. The number of halogens is 1. The fraction of sp³-hybridized carbons (Fsp3) is 0.448. The summed E-state index contributed by atoms with van der Waals surface area (Å²) in [5, 5.41) is 9.88. The normalized spacial score (nSPS) is 13.4. The van der Waals surface area contributed by atoms with E-state index in [1.54, 1.807) is 17.0 Å². The predicted molar refractivity (Wildman–Crippen MR) is 142 cm³/mol. The Morgan fingerprint density at radius 2 is 1.89 bits per heavy atom. The average Bonchev–Trinajstić information content (AvgIpc) is 3.24. The number of nitrogens with zero attached hydrogens (tertiary/aromatic N) is 3. The average molecular weight is 495 g/mol. The van der Waals surface area contributed by atoms with Gasteiger partial charge in [0.05, 0.1) is 11.7 Å². The van der Waals surface area contributed by atoms with E-state index < -0.39 is 18.1 Å². The number of nitrogens with two attached hydrogens (primary N) is 1. The zero-order chi connectivity index (χ0) is 26.5. The van der Waals surface area contributed by atoms with Crippen LogP contribution in [0.1, 0.15) is 57.1 Å². The highest BCUT2D eigenvalue weighted by Gasteiger charge is 2.39. The minimum absolute atomic E-state index is 0.0802. The first-order valence-electron chi connectivity index (χ1n) is 12.6. The molecule has 194 valence electrons. The number of benzene rings is 2. The van der Waals surface area contributed by atoms with Crippen LogP contribution in [0.5, 0.6) is 0 Å². The van der Waals surface area contributed by atoms with Crippen LogP contribution in [-0.4, -0.2) is 45.2 Å². The van der Waals surface area contributed by atoms with Crippen LogP contribution in [0, 0.1) is 24.1 Å². The van der Waals surface area contributed by atoms with E-state index in [2.05, 4.69) is 0 Å². The number of aryl methyl sites for hydroxylation is 1. The molecule has 1 amide bonds. The molecule has 3 N–H and O–H groups in total. The standard InChI is InChI=1S/C29H39FN4O2/c1-6-21(15-31)17-34(26(36)19-35)27(29(3,4)5)28-32-25(23-14-20(2)12-13-24(23)30)18-33(28)16-22-10-8-7-9-11-22/h7-14,18,21,27,35H,6,15-17,19,31H2,1-5H3/t21?,27-/m0/s1. The summed E-state index contributed by atoms with van der Waals surface area (Å²) >= 11 is 0. The minimum Gasteiger partial charge on any atom is -0.387 e. The number of hydrogen-bond acceptors (Lipinski definition) is 4. The topological polar surface area (TPSA) is 84.4 Å². The molecule has 0 aliphatic heterocycles. The lowest BCUT2D eigenvalue weighted by Gasteiger charge is -2.41. The number of carbonyl (C=O) groups excluding carboxylic acids is 1. The molecule has 3 rings (SSSR count). The maximum absolute atomic E-state index is 14.9. The Kier molecular flexibility index (Phi) is 9.03. The number of aliphatic hydroxyl groups is 1. The van der Waals surface area contributed by atoms with Gasteiger partial charge in [-0.3, -0.25) is 4.79 Å². The van der Waals surface area contributed by atoms with Crippen molar-refractivity contribution in [1.29, 1.82) is 0 Å². The van der Waals surface area contributed by atoms with Crippen molar-refractivity contribution in [3.05, 3.63) is 77.5 Å². The van der Waals surface area contributed by atoms with Gasteiger partial charge < -0.3 is 20.3 Å². The lowest BCUT2D eigenvalue weighted by molar-refractivity contribution is -0.140. The molecule has 1 aromatic heterocycles. The molecule has 36 heavy (non-hydrogen) atoms. The monoisotopic (exact) mass is 494 g/mol. The van der Waals surface area contributed by atoms with E-state index in [-0.39, 0.29) is 17.6 Å². The number of amides is 1. The Labute approximate surface area is 214 Å². The Balaban J connectivity index is 2.22. The van der Waals surface area contributed by atoms with Gasteiger partial charge in [-0.2, -0.15) is 0 Å². The third-order valence-corrected chi connectivity index (χ3v) is 6.60. The van der Waals surface area contributed by atoms with Crippen molar-refractivity contribution < 1.29 is 14.3 Å². The second kappa shape index (κ2) is 11.8. The van der Waals surface area contributed by atoms with Crippen LogP contribution in [0.4, 0.5) is 4.39 Å². The maximum Gasteiger partial charge on any atom is 0.248 e. The predicted octanol–water partition coefficient (Wildman–Crippen LogP) is 4.94. The molecule has 0 saturated heterocycles. The van der Waals surface area contributed by atoms with Crippen molar-refractivity contribution in [2.45, 2.75) is 53.6 Å². The van der Waals surface area contributed by atoms with Gasteiger partial charge in [0.15, 0.2) is 0 Å². The lowest BCUT2D eigenvalue weighted by atomic mass is 9.84. The third kappa shape index (κ3) is 6.39.